The minimum atomic E-state index is -1.15. The Labute approximate surface area is 96.4 Å². The number of likely N-dealkylation sites (N-methyl/N-ethyl adjacent to an activating group) is 1. The van der Waals surface area contributed by atoms with Crippen molar-refractivity contribution in [3.8, 4) is 0 Å². The maximum absolute atomic E-state index is 11.2. The third-order valence-corrected chi connectivity index (χ3v) is 1.53. The molecule has 0 radical (unpaired) electrons. The van der Waals surface area contributed by atoms with Crippen LogP contribution in [0.5, 0.6) is 0 Å². The van der Waals surface area contributed by atoms with Gasteiger partial charge >= 0.3 is 5.97 Å². The summed E-state index contributed by atoms with van der Waals surface area (Å²) >= 11 is 0. The van der Waals surface area contributed by atoms with Gasteiger partial charge in [0.05, 0.1) is 11.1 Å². The van der Waals surface area contributed by atoms with Gasteiger partial charge in [0, 0.05) is 7.05 Å². The average molecular weight is 225 g/mol. The summed E-state index contributed by atoms with van der Waals surface area (Å²) in [5.74, 6) is -1.61. The highest BCUT2D eigenvalue weighted by Gasteiger charge is 2.14. The Morgan fingerprint density at radius 3 is 2.00 bits per heavy atom. The van der Waals surface area contributed by atoms with E-state index in [0.29, 0.717) is 0 Å². The first kappa shape index (κ1) is 16.6. The van der Waals surface area contributed by atoms with Crippen LogP contribution < -0.4 is 5.32 Å². The summed E-state index contributed by atoms with van der Waals surface area (Å²) in [6.07, 6.45) is 4.13. The zero-order valence-corrected chi connectivity index (χ0v) is 10.2. The number of carbonyl (C=O) groups is 2. The normalized spacial score (nSPS) is 11.0. The van der Waals surface area contributed by atoms with Crippen molar-refractivity contribution >= 4 is 11.9 Å². The molecule has 0 spiro atoms. The average Bonchev–Trinajstić information content (AvgIpc) is 2.30. The van der Waals surface area contributed by atoms with E-state index in [4.69, 9.17) is 5.11 Å². The second kappa shape index (κ2) is 9.71. The molecule has 1 amide bonds. The largest absolute Gasteiger partial charge is 0.478 e. The highest BCUT2D eigenvalue weighted by molar-refractivity contribution is 6.05. The van der Waals surface area contributed by atoms with Gasteiger partial charge in [0.25, 0.3) is 5.91 Å². The molecule has 0 atom stereocenters. The van der Waals surface area contributed by atoms with Gasteiger partial charge in [-0.25, -0.2) is 4.79 Å². The molecule has 0 aliphatic heterocycles. The van der Waals surface area contributed by atoms with Crippen LogP contribution in [-0.2, 0) is 9.59 Å². The summed E-state index contributed by atoms with van der Waals surface area (Å²) in [6, 6.07) is 0. The van der Waals surface area contributed by atoms with Gasteiger partial charge in [-0.15, -0.1) is 0 Å². The first-order valence-corrected chi connectivity index (χ1v) is 5.03. The number of carboxylic acids is 1. The predicted molar refractivity (Wildman–Crippen MR) is 65.1 cm³/mol. The highest BCUT2D eigenvalue weighted by Crippen LogP contribution is 2.08. The molecule has 0 aromatic heterocycles. The van der Waals surface area contributed by atoms with Crippen LogP contribution in [0.15, 0.2) is 36.0 Å². The minimum Gasteiger partial charge on any atom is -0.478 e. The van der Waals surface area contributed by atoms with Crippen molar-refractivity contribution < 1.29 is 14.7 Å². The number of allylic oxidation sites excluding steroid dienone is 1. The first-order valence-electron chi connectivity index (χ1n) is 5.03. The SMILES string of the molecule is C=C/C(C(=O)NC)=C(\C=C/C)C(=O)O.CC. The topological polar surface area (TPSA) is 66.4 Å². The quantitative estimate of drug-likeness (QED) is 0.567. The van der Waals surface area contributed by atoms with Crippen LogP contribution in [0.25, 0.3) is 0 Å². The third-order valence-electron chi connectivity index (χ3n) is 1.53. The van der Waals surface area contributed by atoms with E-state index in [0.717, 1.165) is 0 Å². The Morgan fingerprint density at radius 2 is 1.75 bits per heavy atom. The third kappa shape index (κ3) is 5.14. The maximum Gasteiger partial charge on any atom is 0.336 e. The fraction of sp³-hybridized carbons (Fsp3) is 0.333. The molecule has 4 heteroatoms. The van der Waals surface area contributed by atoms with Crippen molar-refractivity contribution in [1.82, 2.24) is 5.32 Å². The van der Waals surface area contributed by atoms with Crippen molar-refractivity contribution in [3.05, 3.63) is 36.0 Å². The summed E-state index contributed by atoms with van der Waals surface area (Å²) in [5, 5.41) is 11.2. The molecule has 0 saturated heterocycles. The lowest BCUT2D eigenvalue weighted by Crippen LogP contribution is -2.21. The van der Waals surface area contributed by atoms with Crippen LogP contribution in [0.3, 0.4) is 0 Å². The van der Waals surface area contributed by atoms with Crippen molar-refractivity contribution in [1.29, 1.82) is 0 Å². The molecule has 0 aromatic carbocycles. The molecular formula is C12H19NO3. The summed E-state index contributed by atoms with van der Waals surface area (Å²) in [6.45, 7) is 9.07. The zero-order valence-electron chi connectivity index (χ0n) is 10.2. The van der Waals surface area contributed by atoms with E-state index in [-0.39, 0.29) is 11.1 Å². The van der Waals surface area contributed by atoms with E-state index in [2.05, 4.69) is 11.9 Å². The van der Waals surface area contributed by atoms with Crippen molar-refractivity contribution in [2.24, 2.45) is 0 Å². The summed E-state index contributed by atoms with van der Waals surface area (Å²) < 4.78 is 0. The van der Waals surface area contributed by atoms with E-state index in [9.17, 15) is 9.59 Å². The Hall–Kier alpha value is -1.84. The van der Waals surface area contributed by atoms with Crippen molar-refractivity contribution in [3.63, 3.8) is 0 Å². The Bertz CT molecular complexity index is 314. The molecule has 0 heterocycles. The lowest BCUT2D eigenvalue weighted by molar-refractivity contribution is -0.132. The van der Waals surface area contributed by atoms with E-state index < -0.39 is 11.9 Å². The molecule has 0 aliphatic rings. The van der Waals surface area contributed by atoms with Crippen LogP contribution in [0.4, 0.5) is 0 Å². The van der Waals surface area contributed by atoms with E-state index in [1.54, 1.807) is 13.0 Å². The predicted octanol–water partition coefficient (Wildman–Crippen LogP) is 1.90. The standard InChI is InChI=1S/C10H13NO3.C2H6/c1-4-6-8(10(13)14)7(5-2)9(12)11-3;1-2/h4-6H,2H2,1,3H3,(H,11,12)(H,13,14);1-2H3/b6-4-,8-7-;. The minimum absolute atomic E-state index is 0.0538. The highest BCUT2D eigenvalue weighted by atomic mass is 16.4. The molecule has 0 fully saturated rings. The number of aliphatic carboxylic acids is 1. The van der Waals surface area contributed by atoms with E-state index >= 15 is 0 Å². The lowest BCUT2D eigenvalue weighted by atomic mass is 10.1. The van der Waals surface area contributed by atoms with Crippen LogP contribution in [0.2, 0.25) is 0 Å². The summed E-state index contributed by atoms with van der Waals surface area (Å²) in [5.41, 5.74) is -0.0139. The molecule has 0 aliphatic carbocycles. The fourth-order valence-corrected chi connectivity index (χ4v) is 0.903. The van der Waals surface area contributed by atoms with Gasteiger partial charge in [0.15, 0.2) is 0 Å². The number of amides is 1. The number of rotatable bonds is 4. The van der Waals surface area contributed by atoms with Crippen LogP contribution in [0, 0.1) is 0 Å². The Balaban J connectivity index is 0. The smallest absolute Gasteiger partial charge is 0.336 e. The van der Waals surface area contributed by atoms with Gasteiger partial charge in [-0.1, -0.05) is 38.7 Å². The van der Waals surface area contributed by atoms with Gasteiger partial charge in [-0.3, -0.25) is 4.79 Å². The maximum atomic E-state index is 11.2. The molecule has 16 heavy (non-hydrogen) atoms. The van der Waals surface area contributed by atoms with Gasteiger partial charge in [-0.05, 0) is 6.92 Å². The Kier molecular flexibility index (Phi) is 10.1. The molecule has 0 bridgehead atoms. The number of hydrogen-bond acceptors (Lipinski definition) is 2. The molecule has 0 aromatic rings. The number of nitrogens with one attached hydrogen (secondary N) is 1. The van der Waals surface area contributed by atoms with Crippen molar-refractivity contribution in [2.45, 2.75) is 20.8 Å². The zero-order chi connectivity index (χ0) is 13.1. The fourth-order valence-electron chi connectivity index (χ4n) is 0.903. The van der Waals surface area contributed by atoms with Gasteiger partial charge in [0.1, 0.15) is 0 Å². The summed E-state index contributed by atoms with van der Waals surface area (Å²) in [4.78, 5) is 22.0. The molecule has 0 saturated carbocycles. The molecule has 0 unspecified atom stereocenters. The van der Waals surface area contributed by atoms with Gasteiger partial charge in [-0.2, -0.15) is 0 Å². The summed E-state index contributed by atoms with van der Waals surface area (Å²) in [7, 11) is 1.43. The Morgan fingerprint density at radius 1 is 1.25 bits per heavy atom. The number of carboxylic acid groups (broad SMARTS) is 1. The van der Waals surface area contributed by atoms with Gasteiger partial charge in [0.2, 0.25) is 0 Å². The first-order chi connectivity index (χ1) is 7.58. The second-order valence-corrected chi connectivity index (χ2v) is 2.42. The lowest BCUT2D eigenvalue weighted by Gasteiger charge is -2.03. The molecule has 4 nitrogen and oxygen atoms in total. The van der Waals surface area contributed by atoms with Crippen LogP contribution in [-0.4, -0.2) is 24.0 Å². The monoisotopic (exact) mass is 225 g/mol. The molecular weight excluding hydrogens is 206 g/mol. The van der Waals surface area contributed by atoms with E-state index in [1.807, 2.05) is 13.8 Å². The van der Waals surface area contributed by atoms with Crippen LogP contribution in [0.1, 0.15) is 20.8 Å². The van der Waals surface area contributed by atoms with Crippen molar-refractivity contribution in [2.75, 3.05) is 7.05 Å². The van der Waals surface area contributed by atoms with Gasteiger partial charge < -0.3 is 10.4 Å². The molecule has 90 valence electrons. The second-order valence-electron chi connectivity index (χ2n) is 2.42. The number of carbonyl (C=O) groups excluding carboxylic acids is 1. The molecule has 2 N–H and O–H groups in total. The molecule has 0 rings (SSSR count). The number of hydrogen-bond donors (Lipinski definition) is 2. The van der Waals surface area contributed by atoms with E-state index in [1.165, 1.54) is 19.2 Å². The van der Waals surface area contributed by atoms with Crippen LogP contribution >= 0.6 is 0 Å².